The van der Waals surface area contributed by atoms with E-state index in [-0.39, 0.29) is 11.5 Å². The molecule has 2 aliphatic rings. The summed E-state index contributed by atoms with van der Waals surface area (Å²) in [6.45, 7) is 6.89. The lowest BCUT2D eigenvalue weighted by Gasteiger charge is -2.27. The largest absolute Gasteiger partial charge is 0.374 e. The van der Waals surface area contributed by atoms with Crippen LogP contribution in [-0.4, -0.2) is 0 Å². The van der Waals surface area contributed by atoms with E-state index < -0.39 is 0 Å². The summed E-state index contributed by atoms with van der Waals surface area (Å²) < 4.78 is 0. The molecule has 1 aliphatic carbocycles. The highest BCUT2D eigenvalue weighted by Crippen LogP contribution is 2.49. The van der Waals surface area contributed by atoms with Crippen molar-refractivity contribution in [2.75, 3.05) is 0 Å². The highest BCUT2D eigenvalue weighted by Gasteiger charge is 2.35. The molecule has 166 valence electrons. The summed E-state index contributed by atoms with van der Waals surface area (Å²) in [5.41, 5.74) is 13.0. The van der Waals surface area contributed by atoms with Gasteiger partial charge in [0.05, 0.1) is 6.04 Å². The molecular weight excluding hydrogens is 410 g/mol. The summed E-state index contributed by atoms with van der Waals surface area (Å²) in [5, 5.41) is 3.82. The Labute approximate surface area is 202 Å². The second-order valence-electron chi connectivity index (χ2n) is 10.0. The van der Waals surface area contributed by atoms with Gasteiger partial charge in [0.25, 0.3) is 0 Å². The van der Waals surface area contributed by atoms with Crippen molar-refractivity contribution >= 4 is 11.3 Å². The molecule has 34 heavy (non-hydrogen) atoms. The Morgan fingerprint density at radius 1 is 0.676 bits per heavy atom. The topological polar surface area (TPSA) is 12.0 Å². The van der Waals surface area contributed by atoms with Gasteiger partial charge in [-0.1, -0.05) is 110 Å². The monoisotopic (exact) mass is 439 g/mol. The molecule has 1 nitrogen and oxygen atoms in total. The lowest BCUT2D eigenvalue weighted by Crippen LogP contribution is -2.22. The van der Waals surface area contributed by atoms with E-state index in [1.807, 2.05) is 0 Å². The van der Waals surface area contributed by atoms with Gasteiger partial charge in [-0.2, -0.15) is 0 Å². The number of allylic oxidation sites excluding steroid dienone is 2. The molecule has 1 heterocycles. The van der Waals surface area contributed by atoms with Crippen LogP contribution in [0.1, 0.15) is 53.3 Å². The molecule has 0 amide bonds. The predicted octanol–water partition coefficient (Wildman–Crippen LogP) is 8.07. The van der Waals surface area contributed by atoms with Crippen LogP contribution in [0.3, 0.4) is 0 Å². The first-order chi connectivity index (χ1) is 16.5. The maximum Gasteiger partial charge on any atom is 0.0707 e. The fraction of sp³-hybridized carbons (Fsp3) is 0.152. The number of nitrogens with one attached hydrogen (secondary N) is 1. The number of hydrogen-bond acceptors (Lipinski definition) is 1. The van der Waals surface area contributed by atoms with E-state index in [1.165, 1.54) is 55.8 Å². The molecule has 0 saturated heterocycles. The van der Waals surface area contributed by atoms with Crippen LogP contribution in [0.4, 0.5) is 0 Å². The Balaban J connectivity index is 1.46. The van der Waals surface area contributed by atoms with Gasteiger partial charge in [-0.15, -0.1) is 0 Å². The summed E-state index contributed by atoms with van der Waals surface area (Å²) in [7, 11) is 0. The molecular formula is C33H29N. The van der Waals surface area contributed by atoms with Gasteiger partial charge in [0.15, 0.2) is 0 Å². The Bertz CT molecular complexity index is 1440. The molecule has 6 rings (SSSR count). The minimum absolute atomic E-state index is 0.0150. The smallest absolute Gasteiger partial charge is 0.0707 e. The second-order valence-corrected chi connectivity index (χ2v) is 10.0. The van der Waals surface area contributed by atoms with Crippen LogP contribution in [0.5, 0.6) is 0 Å². The molecule has 0 saturated carbocycles. The Morgan fingerprint density at radius 2 is 1.32 bits per heavy atom. The molecule has 1 N–H and O–H groups in total. The molecule has 1 heteroatoms. The van der Waals surface area contributed by atoms with Crippen LogP contribution in [0, 0.1) is 6.92 Å². The van der Waals surface area contributed by atoms with E-state index in [0.717, 1.165) is 0 Å². The van der Waals surface area contributed by atoms with E-state index in [9.17, 15) is 0 Å². The summed E-state index contributed by atoms with van der Waals surface area (Å²) in [6.07, 6.45) is 4.64. The van der Waals surface area contributed by atoms with Crippen LogP contribution in [-0.2, 0) is 5.41 Å². The van der Waals surface area contributed by atoms with Gasteiger partial charge in [0, 0.05) is 11.1 Å². The minimum Gasteiger partial charge on any atom is -0.374 e. The zero-order valence-corrected chi connectivity index (χ0v) is 20.0. The van der Waals surface area contributed by atoms with E-state index in [2.05, 4.69) is 135 Å². The first kappa shape index (κ1) is 20.7. The number of dihydropyridines is 1. The quantitative estimate of drug-likeness (QED) is 0.340. The van der Waals surface area contributed by atoms with Crippen LogP contribution < -0.4 is 5.32 Å². The van der Waals surface area contributed by atoms with E-state index in [1.54, 1.807) is 0 Å². The number of fused-ring (bicyclic) bond motifs is 3. The van der Waals surface area contributed by atoms with Crippen LogP contribution in [0.15, 0.2) is 109 Å². The lowest BCUT2D eigenvalue weighted by molar-refractivity contribution is 0.659. The number of aryl methyl sites for hydroxylation is 1. The molecule has 0 spiro atoms. The third-order valence-corrected chi connectivity index (χ3v) is 7.37. The highest BCUT2D eigenvalue weighted by molar-refractivity contribution is 5.88. The van der Waals surface area contributed by atoms with Crippen molar-refractivity contribution in [2.24, 2.45) is 0 Å². The number of benzene rings is 4. The van der Waals surface area contributed by atoms with E-state index in [4.69, 9.17) is 0 Å². The van der Waals surface area contributed by atoms with Gasteiger partial charge in [0.2, 0.25) is 0 Å². The Kier molecular flexibility index (Phi) is 4.81. The molecule has 0 fully saturated rings. The van der Waals surface area contributed by atoms with Crippen LogP contribution in [0.2, 0.25) is 0 Å². The number of hydrogen-bond donors (Lipinski definition) is 1. The van der Waals surface area contributed by atoms with Crippen molar-refractivity contribution in [3.05, 3.63) is 143 Å². The Hall–Kier alpha value is -3.84. The minimum atomic E-state index is -0.0150. The second kappa shape index (κ2) is 7.88. The average Bonchev–Trinajstić information content (AvgIpc) is 3.10. The standard InChI is InChI=1S/C33H29N/c1-22-14-16-27-28-17-15-25(19-30(28)33(2,3)29(27)18-22)32-21-26(23-10-6-4-7-11-23)20-31(34-32)24-12-8-5-9-13-24/h4-21,31,34H,1-3H3. The third-order valence-electron chi connectivity index (χ3n) is 7.37. The molecule has 0 aromatic heterocycles. The normalized spacial score (nSPS) is 17.8. The van der Waals surface area contributed by atoms with Crippen LogP contribution >= 0.6 is 0 Å². The highest BCUT2D eigenvalue weighted by atomic mass is 14.9. The summed E-state index contributed by atoms with van der Waals surface area (Å²) in [5.74, 6) is 0. The van der Waals surface area contributed by atoms with Gasteiger partial charge < -0.3 is 5.32 Å². The first-order valence-corrected chi connectivity index (χ1v) is 12.1. The Morgan fingerprint density at radius 3 is 2.06 bits per heavy atom. The van der Waals surface area contributed by atoms with Gasteiger partial charge in [-0.3, -0.25) is 0 Å². The molecule has 1 aliphatic heterocycles. The third kappa shape index (κ3) is 3.40. The molecule has 4 aromatic rings. The summed E-state index contributed by atoms with van der Waals surface area (Å²) in [4.78, 5) is 0. The predicted molar refractivity (Wildman–Crippen MR) is 143 cm³/mol. The van der Waals surface area contributed by atoms with Crippen molar-refractivity contribution in [1.29, 1.82) is 0 Å². The molecule has 1 atom stereocenters. The zero-order valence-electron chi connectivity index (χ0n) is 20.0. The fourth-order valence-corrected chi connectivity index (χ4v) is 5.47. The van der Waals surface area contributed by atoms with Gasteiger partial charge in [0.1, 0.15) is 0 Å². The summed E-state index contributed by atoms with van der Waals surface area (Å²) in [6, 6.07) is 35.4. The van der Waals surface area contributed by atoms with Crippen LogP contribution in [0.25, 0.3) is 22.4 Å². The van der Waals surface area contributed by atoms with Gasteiger partial charge in [-0.05, 0) is 69.7 Å². The SMILES string of the molecule is Cc1ccc2c(c1)C(C)(C)c1cc(C3=CC(c4ccccc4)=CC(c4ccccc4)N3)ccc1-2. The first-order valence-electron chi connectivity index (χ1n) is 12.1. The zero-order chi connectivity index (χ0) is 23.3. The van der Waals surface area contributed by atoms with Gasteiger partial charge >= 0.3 is 0 Å². The van der Waals surface area contributed by atoms with Crippen molar-refractivity contribution in [3.63, 3.8) is 0 Å². The van der Waals surface area contributed by atoms with Crippen molar-refractivity contribution in [2.45, 2.75) is 32.2 Å². The maximum atomic E-state index is 3.82. The molecule has 0 radical (unpaired) electrons. The molecule has 1 unspecified atom stereocenters. The average molecular weight is 440 g/mol. The molecule has 0 bridgehead atoms. The van der Waals surface area contributed by atoms with Crippen molar-refractivity contribution in [3.8, 4) is 11.1 Å². The van der Waals surface area contributed by atoms with Gasteiger partial charge in [-0.25, -0.2) is 0 Å². The maximum absolute atomic E-state index is 3.82. The number of rotatable bonds is 3. The lowest BCUT2D eigenvalue weighted by atomic mass is 9.81. The van der Waals surface area contributed by atoms with Crippen molar-refractivity contribution in [1.82, 2.24) is 5.32 Å². The summed E-state index contributed by atoms with van der Waals surface area (Å²) >= 11 is 0. The van der Waals surface area contributed by atoms with E-state index in [0.29, 0.717) is 0 Å². The molecule has 4 aromatic carbocycles. The van der Waals surface area contributed by atoms with Crippen molar-refractivity contribution < 1.29 is 0 Å². The fourth-order valence-electron chi connectivity index (χ4n) is 5.47. The van der Waals surface area contributed by atoms with E-state index >= 15 is 0 Å².